The van der Waals surface area contributed by atoms with Gasteiger partial charge in [-0.05, 0) is 53.8 Å². The lowest BCUT2D eigenvalue weighted by Gasteiger charge is -2.08. The summed E-state index contributed by atoms with van der Waals surface area (Å²) in [6, 6.07) is 15.3. The Labute approximate surface area is 146 Å². The lowest BCUT2D eigenvalue weighted by atomic mass is 10.1. The maximum absolute atomic E-state index is 12.4. The van der Waals surface area contributed by atoms with E-state index in [2.05, 4.69) is 32.9 Å². The molecule has 3 nitrogen and oxygen atoms in total. The van der Waals surface area contributed by atoms with Crippen molar-refractivity contribution in [1.29, 1.82) is 0 Å². The minimum absolute atomic E-state index is 0.100. The monoisotopic (exact) mass is 420 g/mol. The molecule has 0 unspecified atom stereocenters. The molecule has 0 saturated heterocycles. The lowest BCUT2D eigenvalue weighted by molar-refractivity contribution is 0.102. The molecule has 3 aromatic rings. The van der Waals surface area contributed by atoms with E-state index in [9.17, 15) is 4.79 Å². The molecule has 1 aromatic heterocycles. The van der Waals surface area contributed by atoms with Crippen molar-refractivity contribution in [3.05, 3.63) is 68.1 Å². The topological polar surface area (TPSA) is 42.0 Å². The normalized spacial score (nSPS) is 10.5. The number of thiazole rings is 1. The highest BCUT2D eigenvalue weighted by atomic mass is 127. The van der Waals surface area contributed by atoms with Gasteiger partial charge in [0.2, 0.25) is 0 Å². The van der Waals surface area contributed by atoms with Crippen molar-refractivity contribution in [3.63, 3.8) is 0 Å². The number of hydrogen-bond donors (Lipinski definition) is 1. The zero-order valence-electron chi connectivity index (χ0n) is 11.8. The number of carbonyl (C=O) groups excluding carboxylic acids is 1. The summed E-state index contributed by atoms with van der Waals surface area (Å²) in [6.45, 7) is 1.98. The van der Waals surface area contributed by atoms with Crippen LogP contribution in [0.15, 0.2) is 53.9 Å². The van der Waals surface area contributed by atoms with Crippen molar-refractivity contribution in [2.45, 2.75) is 6.92 Å². The standard InChI is InChI=1S/C17H13IN2OS/c1-11-19-16(10-22-11)12-5-4-6-13(9-12)20-17(21)14-7-2-3-8-15(14)18/h2-10H,1H3,(H,20,21). The van der Waals surface area contributed by atoms with Gasteiger partial charge in [0.05, 0.1) is 16.3 Å². The number of carbonyl (C=O) groups is 1. The number of nitrogens with one attached hydrogen (secondary N) is 1. The van der Waals surface area contributed by atoms with Crippen molar-refractivity contribution < 1.29 is 4.79 Å². The fourth-order valence-corrected chi connectivity index (χ4v) is 3.35. The summed E-state index contributed by atoms with van der Waals surface area (Å²) in [5.74, 6) is -0.100. The number of aromatic nitrogens is 1. The van der Waals surface area contributed by atoms with Gasteiger partial charge in [0.1, 0.15) is 0 Å². The first-order valence-electron chi connectivity index (χ1n) is 6.72. The lowest BCUT2D eigenvalue weighted by Crippen LogP contribution is -2.13. The molecule has 0 radical (unpaired) electrons. The number of hydrogen-bond acceptors (Lipinski definition) is 3. The summed E-state index contributed by atoms with van der Waals surface area (Å²) in [7, 11) is 0. The van der Waals surface area contributed by atoms with Gasteiger partial charge in [-0.25, -0.2) is 4.98 Å². The number of benzene rings is 2. The Morgan fingerprint density at radius 2 is 2.00 bits per heavy atom. The molecule has 2 aromatic carbocycles. The fourth-order valence-electron chi connectivity index (χ4n) is 2.10. The van der Waals surface area contributed by atoms with Crippen molar-refractivity contribution in [2.24, 2.45) is 0 Å². The van der Waals surface area contributed by atoms with Crippen LogP contribution >= 0.6 is 33.9 Å². The molecule has 0 aliphatic rings. The third-order valence-corrected chi connectivity index (χ3v) is 4.87. The van der Waals surface area contributed by atoms with Crippen LogP contribution in [0.2, 0.25) is 0 Å². The van der Waals surface area contributed by atoms with Gasteiger partial charge in [-0.2, -0.15) is 0 Å². The van der Waals surface area contributed by atoms with E-state index in [1.165, 1.54) is 0 Å². The van der Waals surface area contributed by atoms with Crippen LogP contribution in [0.4, 0.5) is 5.69 Å². The molecular weight excluding hydrogens is 407 g/mol. The van der Waals surface area contributed by atoms with E-state index in [1.807, 2.05) is 60.8 Å². The van der Waals surface area contributed by atoms with E-state index in [0.29, 0.717) is 5.56 Å². The van der Waals surface area contributed by atoms with Crippen molar-refractivity contribution >= 4 is 45.5 Å². The Morgan fingerprint density at radius 3 is 2.73 bits per heavy atom. The summed E-state index contributed by atoms with van der Waals surface area (Å²) < 4.78 is 0.934. The molecule has 3 rings (SSSR count). The molecule has 0 saturated carbocycles. The van der Waals surface area contributed by atoms with Crippen LogP contribution in [0.5, 0.6) is 0 Å². The van der Waals surface area contributed by atoms with E-state index < -0.39 is 0 Å². The van der Waals surface area contributed by atoms with Gasteiger partial charge >= 0.3 is 0 Å². The molecule has 1 heterocycles. The van der Waals surface area contributed by atoms with Crippen LogP contribution in [0.25, 0.3) is 11.3 Å². The molecular formula is C17H13IN2OS. The highest BCUT2D eigenvalue weighted by Crippen LogP contribution is 2.24. The van der Waals surface area contributed by atoms with Crippen LogP contribution in [0.1, 0.15) is 15.4 Å². The molecule has 22 heavy (non-hydrogen) atoms. The molecule has 110 valence electrons. The molecule has 0 atom stereocenters. The molecule has 1 amide bonds. The molecule has 0 spiro atoms. The number of amides is 1. The second-order valence-electron chi connectivity index (χ2n) is 4.77. The number of nitrogens with zero attached hydrogens (tertiary/aromatic N) is 1. The predicted octanol–water partition coefficient (Wildman–Crippen LogP) is 4.98. The molecule has 0 aliphatic carbocycles. The first-order chi connectivity index (χ1) is 10.6. The third-order valence-electron chi connectivity index (χ3n) is 3.15. The van der Waals surface area contributed by atoms with E-state index in [-0.39, 0.29) is 5.91 Å². The number of rotatable bonds is 3. The largest absolute Gasteiger partial charge is 0.322 e. The molecule has 5 heteroatoms. The summed E-state index contributed by atoms with van der Waals surface area (Å²) in [5.41, 5.74) is 3.39. The smallest absolute Gasteiger partial charge is 0.256 e. The van der Waals surface area contributed by atoms with Crippen LogP contribution < -0.4 is 5.32 Å². The van der Waals surface area contributed by atoms with E-state index in [4.69, 9.17) is 0 Å². The zero-order valence-corrected chi connectivity index (χ0v) is 14.8. The summed E-state index contributed by atoms with van der Waals surface area (Å²) in [6.07, 6.45) is 0. The van der Waals surface area contributed by atoms with Crippen molar-refractivity contribution in [2.75, 3.05) is 5.32 Å². The van der Waals surface area contributed by atoms with Gasteiger partial charge < -0.3 is 5.32 Å². The highest BCUT2D eigenvalue weighted by molar-refractivity contribution is 14.1. The SMILES string of the molecule is Cc1nc(-c2cccc(NC(=O)c3ccccc3I)c2)cs1. The first kappa shape index (κ1) is 15.2. The second kappa shape index (κ2) is 6.58. The summed E-state index contributed by atoms with van der Waals surface area (Å²) in [4.78, 5) is 16.8. The third kappa shape index (κ3) is 3.36. The predicted molar refractivity (Wildman–Crippen MR) is 99.4 cm³/mol. The average Bonchev–Trinajstić information content (AvgIpc) is 2.94. The average molecular weight is 420 g/mol. The van der Waals surface area contributed by atoms with E-state index in [1.54, 1.807) is 11.3 Å². The molecule has 0 aliphatic heterocycles. The van der Waals surface area contributed by atoms with Crippen LogP contribution in [0.3, 0.4) is 0 Å². The molecule has 0 bridgehead atoms. The van der Waals surface area contributed by atoms with Crippen molar-refractivity contribution in [1.82, 2.24) is 4.98 Å². The van der Waals surface area contributed by atoms with Crippen LogP contribution in [-0.2, 0) is 0 Å². The number of aryl methyl sites for hydroxylation is 1. The Bertz CT molecular complexity index is 829. The van der Waals surface area contributed by atoms with Gasteiger partial charge in [-0.15, -0.1) is 11.3 Å². The fraction of sp³-hybridized carbons (Fsp3) is 0.0588. The van der Waals surface area contributed by atoms with Crippen LogP contribution in [-0.4, -0.2) is 10.9 Å². The van der Waals surface area contributed by atoms with Gasteiger partial charge in [0.15, 0.2) is 0 Å². The molecule has 1 N–H and O–H groups in total. The Kier molecular flexibility index (Phi) is 4.54. The quantitative estimate of drug-likeness (QED) is 0.608. The minimum Gasteiger partial charge on any atom is -0.322 e. The zero-order chi connectivity index (χ0) is 15.5. The minimum atomic E-state index is -0.100. The van der Waals surface area contributed by atoms with E-state index in [0.717, 1.165) is 25.5 Å². The highest BCUT2D eigenvalue weighted by Gasteiger charge is 2.10. The van der Waals surface area contributed by atoms with Gasteiger partial charge in [0.25, 0.3) is 5.91 Å². The van der Waals surface area contributed by atoms with Gasteiger partial charge in [0, 0.05) is 20.2 Å². The Morgan fingerprint density at radius 1 is 1.18 bits per heavy atom. The first-order valence-corrected chi connectivity index (χ1v) is 8.68. The van der Waals surface area contributed by atoms with Gasteiger partial charge in [-0.1, -0.05) is 24.3 Å². The molecule has 0 fully saturated rings. The van der Waals surface area contributed by atoms with E-state index >= 15 is 0 Å². The number of anilines is 1. The van der Waals surface area contributed by atoms with Crippen LogP contribution in [0, 0.1) is 10.5 Å². The number of halogens is 1. The summed E-state index contributed by atoms with van der Waals surface area (Å²) in [5, 5.41) is 6.00. The maximum Gasteiger partial charge on any atom is 0.256 e. The van der Waals surface area contributed by atoms with Gasteiger partial charge in [-0.3, -0.25) is 4.79 Å². The second-order valence-corrected chi connectivity index (χ2v) is 6.99. The Hall–Kier alpha value is -1.73. The van der Waals surface area contributed by atoms with Crippen molar-refractivity contribution in [3.8, 4) is 11.3 Å². The summed E-state index contributed by atoms with van der Waals surface area (Å²) >= 11 is 3.79. The maximum atomic E-state index is 12.4. The Balaban J connectivity index is 1.84.